The number of hydrogen-bond donors (Lipinski definition) is 2. The number of halogens is 1. The van der Waals surface area contributed by atoms with Gasteiger partial charge >= 0.3 is 0 Å². The van der Waals surface area contributed by atoms with Gasteiger partial charge in [-0.25, -0.2) is 4.39 Å². The second-order valence-electron chi connectivity index (χ2n) is 8.00. The van der Waals surface area contributed by atoms with Crippen molar-refractivity contribution in [3.05, 3.63) is 65.0 Å². The average Bonchev–Trinajstić information content (AvgIpc) is 2.98. The van der Waals surface area contributed by atoms with E-state index in [1.165, 1.54) is 31.7 Å². The highest BCUT2D eigenvalue weighted by Gasteiger charge is 2.14. The summed E-state index contributed by atoms with van der Waals surface area (Å²) in [7, 11) is 0. The van der Waals surface area contributed by atoms with Gasteiger partial charge in [0.05, 0.1) is 0 Å². The van der Waals surface area contributed by atoms with Crippen molar-refractivity contribution in [2.24, 2.45) is 0 Å². The molecule has 1 aliphatic rings. The van der Waals surface area contributed by atoms with Gasteiger partial charge in [0.15, 0.2) is 0 Å². The van der Waals surface area contributed by atoms with Gasteiger partial charge in [-0.3, -0.25) is 0 Å². The van der Waals surface area contributed by atoms with E-state index in [-0.39, 0.29) is 5.82 Å². The molecule has 0 unspecified atom stereocenters. The smallest absolute Gasteiger partial charge is 0.123 e. The van der Waals surface area contributed by atoms with E-state index in [4.69, 9.17) is 4.74 Å². The van der Waals surface area contributed by atoms with Crippen LogP contribution in [0.4, 0.5) is 4.39 Å². The van der Waals surface area contributed by atoms with Crippen LogP contribution in [0, 0.1) is 12.7 Å². The highest BCUT2D eigenvalue weighted by molar-refractivity contribution is 5.29. The van der Waals surface area contributed by atoms with Gasteiger partial charge in [0, 0.05) is 19.6 Å². The molecule has 29 heavy (non-hydrogen) atoms. The van der Waals surface area contributed by atoms with Crippen LogP contribution in [0.15, 0.2) is 42.5 Å². The third-order valence-electron chi connectivity index (χ3n) is 5.46. The van der Waals surface area contributed by atoms with Gasteiger partial charge in [0.2, 0.25) is 0 Å². The molecule has 1 saturated heterocycles. The molecule has 1 fully saturated rings. The maximum absolute atomic E-state index is 13.4. The van der Waals surface area contributed by atoms with Crippen LogP contribution < -0.4 is 10.1 Å². The van der Waals surface area contributed by atoms with Gasteiger partial charge in [-0.15, -0.1) is 0 Å². The molecule has 2 aromatic carbocycles. The molecule has 158 valence electrons. The molecule has 0 bridgehead atoms. The van der Waals surface area contributed by atoms with Crippen molar-refractivity contribution in [2.75, 3.05) is 26.2 Å². The number of aliphatic hydroxyl groups excluding tert-OH is 1. The summed E-state index contributed by atoms with van der Waals surface area (Å²) in [6.07, 6.45) is 4.55. The molecule has 2 N–H and O–H groups in total. The minimum atomic E-state index is -0.481. The predicted octanol–water partition coefficient (Wildman–Crippen LogP) is 4.04. The van der Waals surface area contributed by atoms with Gasteiger partial charge in [-0.05, 0) is 73.8 Å². The SMILES string of the molecule is Cc1ccc(F)cc1CNCc1cccc(OC[C@@H](O)CN2CCCCCC2)c1. The van der Waals surface area contributed by atoms with Crippen molar-refractivity contribution in [1.82, 2.24) is 10.2 Å². The van der Waals surface area contributed by atoms with Crippen LogP contribution in [0.3, 0.4) is 0 Å². The summed E-state index contributed by atoms with van der Waals surface area (Å²) in [5.74, 6) is 0.558. The third kappa shape index (κ3) is 7.42. The topological polar surface area (TPSA) is 44.7 Å². The van der Waals surface area contributed by atoms with Gasteiger partial charge in [-0.2, -0.15) is 0 Å². The van der Waals surface area contributed by atoms with E-state index < -0.39 is 6.10 Å². The Balaban J connectivity index is 1.43. The third-order valence-corrected chi connectivity index (χ3v) is 5.46. The zero-order chi connectivity index (χ0) is 20.5. The largest absolute Gasteiger partial charge is 0.491 e. The lowest BCUT2D eigenvalue weighted by molar-refractivity contribution is 0.0693. The van der Waals surface area contributed by atoms with Gasteiger partial charge in [0.1, 0.15) is 24.3 Å². The molecule has 0 aromatic heterocycles. The Bertz CT molecular complexity index is 760. The summed E-state index contributed by atoms with van der Waals surface area (Å²) in [5.41, 5.74) is 3.14. The number of rotatable bonds is 9. The summed E-state index contributed by atoms with van der Waals surface area (Å²) in [4.78, 5) is 2.34. The molecule has 5 heteroatoms. The van der Waals surface area contributed by atoms with E-state index in [9.17, 15) is 9.50 Å². The zero-order valence-corrected chi connectivity index (χ0v) is 17.4. The molecular weight excluding hydrogens is 367 g/mol. The monoisotopic (exact) mass is 400 g/mol. The number of likely N-dealkylation sites (tertiary alicyclic amines) is 1. The second-order valence-corrected chi connectivity index (χ2v) is 8.00. The van der Waals surface area contributed by atoms with Crippen molar-refractivity contribution in [1.29, 1.82) is 0 Å². The molecule has 2 aromatic rings. The minimum absolute atomic E-state index is 0.207. The van der Waals surface area contributed by atoms with E-state index in [2.05, 4.69) is 10.2 Å². The van der Waals surface area contributed by atoms with Gasteiger partial charge < -0.3 is 20.1 Å². The maximum Gasteiger partial charge on any atom is 0.123 e. The van der Waals surface area contributed by atoms with Crippen LogP contribution in [-0.4, -0.2) is 42.4 Å². The lowest BCUT2D eigenvalue weighted by Crippen LogP contribution is -2.36. The average molecular weight is 401 g/mol. The summed E-state index contributed by atoms with van der Waals surface area (Å²) in [6.45, 7) is 6.39. The molecule has 3 rings (SSSR count). The number of aryl methyl sites for hydroxylation is 1. The number of hydrogen-bond acceptors (Lipinski definition) is 4. The molecule has 0 saturated carbocycles. The standard InChI is InChI=1S/C24H33FN2O2/c1-19-9-10-22(25)14-21(19)16-26-15-20-7-6-8-24(13-20)29-18-23(28)17-27-11-4-2-3-5-12-27/h6-10,13-14,23,26,28H,2-5,11-12,15-18H2,1H3/t23-/m0/s1. The lowest BCUT2D eigenvalue weighted by Gasteiger charge is -2.23. The van der Waals surface area contributed by atoms with E-state index in [0.717, 1.165) is 35.5 Å². The Hall–Kier alpha value is -1.95. The summed E-state index contributed by atoms with van der Waals surface area (Å²) >= 11 is 0. The first-order chi connectivity index (χ1) is 14.1. The Morgan fingerprint density at radius 2 is 1.86 bits per heavy atom. The van der Waals surface area contributed by atoms with Crippen LogP contribution in [0.5, 0.6) is 5.75 Å². The maximum atomic E-state index is 13.4. The number of β-amino-alcohol motifs (C(OH)–C–C–N with tert-alkyl or cyclic N) is 1. The fourth-order valence-corrected chi connectivity index (χ4v) is 3.78. The molecule has 1 aliphatic heterocycles. The Labute approximate surface area is 173 Å². The molecule has 0 spiro atoms. The normalized spacial score (nSPS) is 16.4. The van der Waals surface area contributed by atoms with Crippen LogP contribution in [0.25, 0.3) is 0 Å². The molecule has 1 heterocycles. The van der Waals surface area contributed by atoms with Crippen molar-refractivity contribution in [3.8, 4) is 5.75 Å². The number of aliphatic hydroxyl groups is 1. The number of nitrogens with zero attached hydrogens (tertiary/aromatic N) is 1. The fraction of sp³-hybridized carbons (Fsp3) is 0.500. The molecular formula is C24H33FN2O2. The summed E-state index contributed by atoms with van der Waals surface area (Å²) in [5, 5.41) is 13.7. The zero-order valence-electron chi connectivity index (χ0n) is 17.4. The number of nitrogens with one attached hydrogen (secondary N) is 1. The van der Waals surface area contributed by atoms with Gasteiger partial charge in [0.25, 0.3) is 0 Å². The van der Waals surface area contributed by atoms with Crippen LogP contribution in [-0.2, 0) is 13.1 Å². The van der Waals surface area contributed by atoms with Crippen LogP contribution in [0.1, 0.15) is 42.4 Å². The molecule has 1 atom stereocenters. The Kier molecular flexibility index (Phi) is 8.47. The first-order valence-corrected chi connectivity index (χ1v) is 10.7. The predicted molar refractivity (Wildman–Crippen MR) is 115 cm³/mol. The highest BCUT2D eigenvalue weighted by Crippen LogP contribution is 2.15. The van der Waals surface area contributed by atoms with Gasteiger partial charge in [-0.1, -0.05) is 31.0 Å². The minimum Gasteiger partial charge on any atom is -0.491 e. The molecule has 0 radical (unpaired) electrons. The van der Waals surface area contributed by atoms with Crippen molar-refractivity contribution >= 4 is 0 Å². The number of ether oxygens (including phenoxy) is 1. The quantitative estimate of drug-likeness (QED) is 0.667. The van der Waals surface area contributed by atoms with Crippen LogP contribution in [0.2, 0.25) is 0 Å². The van der Waals surface area contributed by atoms with E-state index in [1.54, 1.807) is 12.1 Å². The van der Waals surface area contributed by atoms with E-state index >= 15 is 0 Å². The second kappa shape index (κ2) is 11.3. The van der Waals surface area contributed by atoms with Crippen molar-refractivity contribution in [2.45, 2.75) is 51.8 Å². The van der Waals surface area contributed by atoms with Crippen molar-refractivity contribution in [3.63, 3.8) is 0 Å². The first kappa shape index (κ1) is 21.8. The molecule has 4 nitrogen and oxygen atoms in total. The first-order valence-electron chi connectivity index (χ1n) is 10.7. The Morgan fingerprint density at radius 3 is 2.66 bits per heavy atom. The summed E-state index contributed by atoms with van der Waals surface area (Å²) < 4.78 is 19.2. The summed E-state index contributed by atoms with van der Waals surface area (Å²) in [6, 6.07) is 12.8. The van der Waals surface area contributed by atoms with E-state index in [0.29, 0.717) is 26.2 Å². The van der Waals surface area contributed by atoms with Crippen molar-refractivity contribution < 1.29 is 14.2 Å². The Morgan fingerprint density at radius 1 is 1.07 bits per heavy atom. The highest BCUT2D eigenvalue weighted by atomic mass is 19.1. The van der Waals surface area contributed by atoms with Crippen LogP contribution >= 0.6 is 0 Å². The van der Waals surface area contributed by atoms with E-state index in [1.807, 2.05) is 31.2 Å². The molecule has 0 amide bonds. The lowest BCUT2D eigenvalue weighted by atomic mass is 10.1. The number of benzene rings is 2. The fourth-order valence-electron chi connectivity index (χ4n) is 3.78. The molecule has 0 aliphatic carbocycles.